The Balaban J connectivity index is 0.000000677. The Morgan fingerprint density at radius 1 is 1.24 bits per heavy atom. The maximum atomic E-state index is 11.7. The van der Waals surface area contributed by atoms with E-state index in [1.807, 2.05) is 19.1 Å². The number of ketones is 1. The van der Waals surface area contributed by atoms with Crippen LogP contribution in [0.25, 0.3) is 0 Å². The molecule has 0 aliphatic heterocycles. The molecule has 2 heteroatoms. The van der Waals surface area contributed by atoms with Gasteiger partial charge in [0.25, 0.3) is 0 Å². The Morgan fingerprint density at radius 2 is 1.90 bits per heavy atom. The van der Waals surface area contributed by atoms with Gasteiger partial charge in [-0.3, -0.25) is 4.79 Å². The van der Waals surface area contributed by atoms with E-state index in [9.17, 15) is 4.79 Å². The highest BCUT2D eigenvalue weighted by molar-refractivity contribution is 5.96. The molecule has 1 aromatic rings. The van der Waals surface area contributed by atoms with Gasteiger partial charge in [0.2, 0.25) is 0 Å². The van der Waals surface area contributed by atoms with E-state index in [0.29, 0.717) is 12.5 Å². The van der Waals surface area contributed by atoms with Crippen LogP contribution >= 0.6 is 0 Å². The summed E-state index contributed by atoms with van der Waals surface area (Å²) in [7, 11) is 0. The number of ether oxygens (including phenoxy) is 1. The molecular formula is C19H30O2. The standard InChI is InChI=1S/C16H22O2.C3H8/c1-4-12-7-6-8-14-13(11(3)17)9-10-15(16(12)14)18-5-2;1-3-2/h9-10,12H,4-8H2,1-3H3;3H2,1-2H3. The predicted molar refractivity (Wildman–Crippen MR) is 89.6 cm³/mol. The van der Waals surface area contributed by atoms with E-state index < -0.39 is 0 Å². The molecule has 2 rings (SSSR count). The molecule has 2 nitrogen and oxygen atoms in total. The number of benzene rings is 1. The van der Waals surface area contributed by atoms with Gasteiger partial charge in [0.1, 0.15) is 5.75 Å². The second kappa shape index (κ2) is 8.86. The SMILES string of the molecule is CCC.CCOc1ccc(C(C)=O)c2c1C(CC)CCC2. The lowest BCUT2D eigenvalue weighted by atomic mass is 9.78. The normalized spacial score (nSPS) is 16.5. The third-order valence-corrected chi connectivity index (χ3v) is 3.88. The largest absolute Gasteiger partial charge is 0.494 e. The first-order valence-corrected chi connectivity index (χ1v) is 8.39. The number of fused-ring (bicyclic) bond motifs is 1. The third-order valence-electron chi connectivity index (χ3n) is 3.88. The molecule has 118 valence electrons. The van der Waals surface area contributed by atoms with Crippen molar-refractivity contribution in [3.05, 3.63) is 28.8 Å². The molecule has 0 heterocycles. The fraction of sp³-hybridized carbons (Fsp3) is 0.632. The zero-order valence-corrected chi connectivity index (χ0v) is 14.3. The smallest absolute Gasteiger partial charge is 0.160 e. The second-order valence-electron chi connectivity index (χ2n) is 5.70. The van der Waals surface area contributed by atoms with Gasteiger partial charge in [-0.2, -0.15) is 0 Å². The number of hydrogen-bond acceptors (Lipinski definition) is 2. The third kappa shape index (κ3) is 4.33. The molecule has 0 spiro atoms. The quantitative estimate of drug-likeness (QED) is 0.681. The van der Waals surface area contributed by atoms with Crippen molar-refractivity contribution >= 4 is 5.78 Å². The van der Waals surface area contributed by atoms with Gasteiger partial charge in [0, 0.05) is 11.1 Å². The fourth-order valence-corrected chi connectivity index (χ4v) is 3.05. The summed E-state index contributed by atoms with van der Waals surface area (Å²) < 4.78 is 5.76. The Labute approximate surface area is 129 Å². The van der Waals surface area contributed by atoms with Crippen molar-refractivity contribution in [3.63, 3.8) is 0 Å². The fourth-order valence-electron chi connectivity index (χ4n) is 3.05. The van der Waals surface area contributed by atoms with Crippen LogP contribution in [0, 0.1) is 0 Å². The molecule has 0 bridgehead atoms. The van der Waals surface area contributed by atoms with Crippen LogP contribution < -0.4 is 4.74 Å². The molecule has 0 saturated heterocycles. The lowest BCUT2D eigenvalue weighted by Gasteiger charge is -2.28. The van der Waals surface area contributed by atoms with Crippen molar-refractivity contribution < 1.29 is 9.53 Å². The van der Waals surface area contributed by atoms with Crippen LogP contribution in [-0.2, 0) is 6.42 Å². The van der Waals surface area contributed by atoms with Crippen LogP contribution in [0.2, 0.25) is 0 Å². The minimum Gasteiger partial charge on any atom is -0.494 e. The molecule has 1 atom stereocenters. The number of rotatable bonds is 4. The predicted octanol–water partition coefficient (Wildman–Crippen LogP) is 5.53. The van der Waals surface area contributed by atoms with E-state index in [1.54, 1.807) is 6.92 Å². The van der Waals surface area contributed by atoms with E-state index in [-0.39, 0.29) is 5.78 Å². The highest BCUT2D eigenvalue weighted by Gasteiger charge is 2.26. The number of carbonyl (C=O) groups excluding carboxylic acids is 1. The first-order valence-electron chi connectivity index (χ1n) is 8.39. The number of hydrogen-bond donors (Lipinski definition) is 0. The Bertz CT molecular complexity index is 463. The van der Waals surface area contributed by atoms with E-state index >= 15 is 0 Å². The molecule has 1 aliphatic rings. The summed E-state index contributed by atoms with van der Waals surface area (Å²) in [6.45, 7) is 10.8. The van der Waals surface area contributed by atoms with Crippen molar-refractivity contribution in [3.8, 4) is 5.75 Å². The highest BCUT2D eigenvalue weighted by atomic mass is 16.5. The molecule has 0 N–H and O–H groups in total. The van der Waals surface area contributed by atoms with E-state index in [2.05, 4.69) is 20.8 Å². The van der Waals surface area contributed by atoms with Gasteiger partial charge in [0.05, 0.1) is 6.61 Å². The van der Waals surface area contributed by atoms with E-state index in [0.717, 1.165) is 24.2 Å². The zero-order valence-electron chi connectivity index (χ0n) is 14.3. The summed E-state index contributed by atoms with van der Waals surface area (Å²) >= 11 is 0. The molecule has 1 aliphatic carbocycles. The van der Waals surface area contributed by atoms with Crippen molar-refractivity contribution in [2.45, 2.75) is 72.6 Å². The van der Waals surface area contributed by atoms with Crippen molar-refractivity contribution in [1.29, 1.82) is 0 Å². The molecule has 0 aromatic heterocycles. The van der Waals surface area contributed by atoms with Gasteiger partial charge in [-0.1, -0.05) is 27.2 Å². The van der Waals surface area contributed by atoms with Gasteiger partial charge in [-0.15, -0.1) is 0 Å². The topological polar surface area (TPSA) is 26.3 Å². The average Bonchev–Trinajstić information content (AvgIpc) is 2.47. The number of Topliss-reactive ketones (excluding diaryl/α,β-unsaturated/α-hetero) is 1. The first-order chi connectivity index (χ1) is 10.1. The van der Waals surface area contributed by atoms with Gasteiger partial charge < -0.3 is 4.74 Å². The summed E-state index contributed by atoms with van der Waals surface area (Å²) in [4.78, 5) is 11.7. The molecule has 0 radical (unpaired) electrons. The van der Waals surface area contributed by atoms with Crippen LogP contribution in [0.15, 0.2) is 12.1 Å². The molecule has 21 heavy (non-hydrogen) atoms. The van der Waals surface area contributed by atoms with E-state index in [4.69, 9.17) is 4.74 Å². The summed E-state index contributed by atoms with van der Waals surface area (Å²) in [5.41, 5.74) is 3.44. The Morgan fingerprint density at radius 3 is 2.43 bits per heavy atom. The van der Waals surface area contributed by atoms with Gasteiger partial charge in [0.15, 0.2) is 5.78 Å². The molecule has 1 unspecified atom stereocenters. The number of carbonyl (C=O) groups is 1. The van der Waals surface area contributed by atoms with Crippen LogP contribution in [0.1, 0.15) is 87.7 Å². The van der Waals surface area contributed by atoms with Crippen molar-refractivity contribution in [1.82, 2.24) is 0 Å². The Kier molecular flexibility index (Phi) is 7.49. The molecule has 0 fully saturated rings. The molecule has 1 aromatic carbocycles. The lowest BCUT2D eigenvalue weighted by Crippen LogP contribution is -2.15. The lowest BCUT2D eigenvalue weighted by molar-refractivity contribution is 0.101. The maximum Gasteiger partial charge on any atom is 0.160 e. The van der Waals surface area contributed by atoms with Crippen molar-refractivity contribution in [2.24, 2.45) is 0 Å². The summed E-state index contributed by atoms with van der Waals surface area (Å²) in [5.74, 6) is 1.71. The minimum absolute atomic E-state index is 0.172. The van der Waals surface area contributed by atoms with Crippen LogP contribution in [0.4, 0.5) is 0 Å². The highest BCUT2D eigenvalue weighted by Crippen LogP contribution is 2.41. The summed E-state index contributed by atoms with van der Waals surface area (Å²) in [6.07, 6.45) is 5.78. The average molecular weight is 290 g/mol. The molecule has 0 amide bonds. The second-order valence-corrected chi connectivity index (χ2v) is 5.70. The van der Waals surface area contributed by atoms with Crippen molar-refractivity contribution in [2.75, 3.05) is 6.61 Å². The van der Waals surface area contributed by atoms with Crippen LogP contribution in [-0.4, -0.2) is 12.4 Å². The van der Waals surface area contributed by atoms with Crippen LogP contribution in [0.3, 0.4) is 0 Å². The monoisotopic (exact) mass is 290 g/mol. The minimum atomic E-state index is 0.172. The summed E-state index contributed by atoms with van der Waals surface area (Å²) in [5, 5.41) is 0. The van der Waals surface area contributed by atoms with Crippen LogP contribution in [0.5, 0.6) is 5.75 Å². The van der Waals surface area contributed by atoms with Gasteiger partial charge in [-0.05, 0) is 63.1 Å². The Hall–Kier alpha value is -1.31. The molecule has 0 saturated carbocycles. The summed E-state index contributed by atoms with van der Waals surface area (Å²) in [6, 6.07) is 3.91. The first kappa shape index (κ1) is 17.7. The van der Waals surface area contributed by atoms with Gasteiger partial charge >= 0.3 is 0 Å². The zero-order chi connectivity index (χ0) is 15.8. The van der Waals surface area contributed by atoms with Gasteiger partial charge in [-0.25, -0.2) is 0 Å². The van der Waals surface area contributed by atoms with E-state index in [1.165, 1.54) is 30.4 Å². The molecular weight excluding hydrogens is 260 g/mol. The maximum absolute atomic E-state index is 11.7.